The van der Waals surface area contributed by atoms with E-state index in [0.29, 0.717) is 6.10 Å². The van der Waals surface area contributed by atoms with Crippen LogP contribution in [0.15, 0.2) is 24.3 Å². The molecule has 105 valence electrons. The fourth-order valence-electron chi connectivity index (χ4n) is 2.55. The van der Waals surface area contributed by atoms with Crippen LogP contribution in [0.4, 0.5) is 0 Å². The van der Waals surface area contributed by atoms with Crippen LogP contribution in [0, 0.1) is 6.42 Å². The van der Waals surface area contributed by atoms with Crippen LogP contribution in [-0.4, -0.2) is 12.7 Å². The summed E-state index contributed by atoms with van der Waals surface area (Å²) in [6, 6.07) is 8.77. The highest BCUT2D eigenvalue weighted by Crippen LogP contribution is 2.22. The first-order chi connectivity index (χ1) is 9.40. The lowest BCUT2D eigenvalue weighted by atomic mass is 9.97. The maximum absolute atomic E-state index is 5.29. The van der Waals surface area contributed by atoms with Crippen LogP contribution in [0.5, 0.6) is 0 Å². The summed E-state index contributed by atoms with van der Waals surface area (Å²) in [6.07, 6.45) is 13.5. The third-order valence-corrected chi connectivity index (χ3v) is 3.83. The number of benzene rings is 1. The molecular formula is C18H27O. The second-order valence-corrected chi connectivity index (χ2v) is 5.61. The Hall–Kier alpha value is -0.820. The monoisotopic (exact) mass is 259 g/mol. The van der Waals surface area contributed by atoms with E-state index in [9.17, 15) is 0 Å². The molecule has 1 heteroatoms. The highest BCUT2D eigenvalue weighted by molar-refractivity contribution is 5.35. The van der Waals surface area contributed by atoms with Crippen LogP contribution in [0.25, 0.3) is 0 Å². The number of rotatable bonds is 10. The molecule has 0 bridgehead atoms. The molecule has 2 rings (SSSR count). The predicted octanol–water partition coefficient (Wildman–Crippen LogP) is 4.93. The van der Waals surface area contributed by atoms with Crippen molar-refractivity contribution in [1.29, 1.82) is 0 Å². The van der Waals surface area contributed by atoms with Gasteiger partial charge in [-0.2, -0.15) is 0 Å². The van der Waals surface area contributed by atoms with Gasteiger partial charge in [-0.15, -0.1) is 0 Å². The van der Waals surface area contributed by atoms with Crippen molar-refractivity contribution in [2.75, 3.05) is 6.61 Å². The Morgan fingerprint density at radius 1 is 1.05 bits per heavy atom. The molecule has 1 heterocycles. The van der Waals surface area contributed by atoms with Crippen LogP contribution in [0.2, 0.25) is 0 Å². The second kappa shape index (κ2) is 8.37. The van der Waals surface area contributed by atoms with Crippen molar-refractivity contribution in [1.82, 2.24) is 0 Å². The van der Waals surface area contributed by atoms with Crippen molar-refractivity contribution in [3.8, 4) is 0 Å². The summed E-state index contributed by atoms with van der Waals surface area (Å²) in [5.74, 6) is 0. The van der Waals surface area contributed by atoms with Gasteiger partial charge in [0.2, 0.25) is 0 Å². The standard InChI is InChI=1S/C18H27O/c1-2-3-4-5-6-7-8-11-16-12-9-10-13-17(16)14-18-15-19-18/h9-10,12-14,18H,2-8,11,15H2,1H3. The fourth-order valence-corrected chi connectivity index (χ4v) is 2.55. The van der Waals surface area contributed by atoms with Crippen LogP contribution in [-0.2, 0) is 11.2 Å². The summed E-state index contributed by atoms with van der Waals surface area (Å²) in [7, 11) is 0. The van der Waals surface area contributed by atoms with Crippen LogP contribution in [0.3, 0.4) is 0 Å². The average Bonchev–Trinajstić information content (AvgIpc) is 3.23. The summed E-state index contributed by atoms with van der Waals surface area (Å²) in [4.78, 5) is 0. The molecule has 1 atom stereocenters. The van der Waals surface area contributed by atoms with Gasteiger partial charge in [0.05, 0.1) is 12.7 Å². The molecule has 1 aliphatic rings. The minimum absolute atomic E-state index is 0.384. The zero-order valence-corrected chi connectivity index (χ0v) is 12.2. The average molecular weight is 259 g/mol. The molecule has 1 saturated heterocycles. The van der Waals surface area contributed by atoms with Gasteiger partial charge in [0.1, 0.15) is 0 Å². The van der Waals surface area contributed by atoms with E-state index in [1.807, 2.05) is 0 Å². The van der Waals surface area contributed by atoms with E-state index in [1.54, 1.807) is 0 Å². The molecule has 0 spiro atoms. The lowest BCUT2D eigenvalue weighted by Crippen LogP contribution is -1.97. The van der Waals surface area contributed by atoms with Crippen LogP contribution < -0.4 is 0 Å². The number of ether oxygens (including phenoxy) is 1. The molecule has 0 aliphatic carbocycles. The first-order valence-electron chi connectivity index (χ1n) is 7.94. The summed E-state index contributed by atoms with van der Waals surface area (Å²) in [5, 5.41) is 0. The molecule has 1 aromatic rings. The largest absolute Gasteiger partial charge is 0.372 e. The van der Waals surface area contributed by atoms with Gasteiger partial charge in [0, 0.05) is 6.42 Å². The number of aryl methyl sites for hydroxylation is 1. The fraction of sp³-hybridized carbons (Fsp3) is 0.611. The van der Waals surface area contributed by atoms with E-state index in [4.69, 9.17) is 4.74 Å². The molecule has 1 fully saturated rings. The highest BCUT2D eigenvalue weighted by Gasteiger charge is 2.23. The first kappa shape index (κ1) is 14.6. The third-order valence-electron chi connectivity index (χ3n) is 3.83. The van der Waals surface area contributed by atoms with E-state index in [2.05, 4.69) is 37.6 Å². The van der Waals surface area contributed by atoms with Gasteiger partial charge in [-0.1, -0.05) is 69.7 Å². The van der Waals surface area contributed by atoms with Gasteiger partial charge in [0.15, 0.2) is 0 Å². The third kappa shape index (κ3) is 5.78. The maximum Gasteiger partial charge on any atom is 0.0885 e. The summed E-state index contributed by atoms with van der Waals surface area (Å²) < 4.78 is 5.29. The summed E-state index contributed by atoms with van der Waals surface area (Å²) in [6.45, 7) is 3.18. The lowest BCUT2D eigenvalue weighted by molar-refractivity contribution is 0.432. The van der Waals surface area contributed by atoms with Gasteiger partial charge in [-0.3, -0.25) is 0 Å². The summed E-state index contributed by atoms with van der Waals surface area (Å²) in [5.41, 5.74) is 2.88. The smallest absolute Gasteiger partial charge is 0.0885 e. The Bertz CT molecular complexity index is 354. The van der Waals surface area contributed by atoms with E-state index in [0.717, 1.165) is 6.61 Å². The molecule has 0 amide bonds. The predicted molar refractivity (Wildman–Crippen MR) is 81.3 cm³/mol. The quantitative estimate of drug-likeness (QED) is 0.428. The molecule has 1 unspecified atom stereocenters. The highest BCUT2D eigenvalue weighted by atomic mass is 16.6. The Labute approximate surface area is 118 Å². The Balaban J connectivity index is 1.64. The van der Waals surface area contributed by atoms with Crippen molar-refractivity contribution in [2.24, 2.45) is 0 Å². The number of hydrogen-bond donors (Lipinski definition) is 0. The van der Waals surface area contributed by atoms with Gasteiger partial charge in [-0.05, 0) is 24.0 Å². The molecule has 0 N–H and O–H groups in total. The molecule has 19 heavy (non-hydrogen) atoms. The van der Waals surface area contributed by atoms with Crippen LogP contribution >= 0.6 is 0 Å². The first-order valence-corrected chi connectivity index (χ1v) is 7.94. The van der Waals surface area contributed by atoms with E-state index in [1.165, 1.54) is 62.5 Å². The van der Waals surface area contributed by atoms with E-state index < -0.39 is 0 Å². The maximum atomic E-state index is 5.29. The minimum Gasteiger partial charge on any atom is -0.372 e. The Morgan fingerprint density at radius 2 is 1.74 bits per heavy atom. The topological polar surface area (TPSA) is 12.5 Å². The molecule has 0 aromatic heterocycles. The van der Waals surface area contributed by atoms with Crippen molar-refractivity contribution < 1.29 is 4.74 Å². The van der Waals surface area contributed by atoms with Gasteiger partial charge in [-0.25, -0.2) is 0 Å². The molecular weight excluding hydrogens is 232 g/mol. The number of hydrogen-bond acceptors (Lipinski definition) is 1. The normalized spacial score (nSPS) is 17.6. The number of unbranched alkanes of at least 4 members (excludes halogenated alkanes) is 6. The molecule has 1 radical (unpaired) electrons. The van der Waals surface area contributed by atoms with Crippen molar-refractivity contribution in [2.45, 2.75) is 64.4 Å². The van der Waals surface area contributed by atoms with Crippen LogP contribution in [0.1, 0.15) is 63.0 Å². The molecule has 1 aromatic carbocycles. The summed E-state index contributed by atoms with van der Waals surface area (Å²) >= 11 is 0. The Morgan fingerprint density at radius 3 is 2.47 bits per heavy atom. The second-order valence-electron chi connectivity index (χ2n) is 5.61. The van der Waals surface area contributed by atoms with E-state index >= 15 is 0 Å². The number of epoxide rings is 1. The van der Waals surface area contributed by atoms with Crippen molar-refractivity contribution >= 4 is 0 Å². The van der Waals surface area contributed by atoms with Crippen molar-refractivity contribution in [3.05, 3.63) is 41.8 Å². The lowest BCUT2D eigenvalue weighted by Gasteiger charge is -2.08. The Kier molecular flexibility index (Phi) is 6.43. The van der Waals surface area contributed by atoms with Gasteiger partial charge >= 0.3 is 0 Å². The SMILES string of the molecule is CCCCCCCCCc1ccccc1[CH]C1CO1. The molecule has 1 aliphatic heterocycles. The zero-order chi connectivity index (χ0) is 13.3. The molecule has 0 saturated carbocycles. The van der Waals surface area contributed by atoms with Gasteiger partial charge < -0.3 is 4.74 Å². The van der Waals surface area contributed by atoms with Crippen molar-refractivity contribution in [3.63, 3.8) is 0 Å². The molecule has 1 nitrogen and oxygen atoms in total. The van der Waals surface area contributed by atoms with Gasteiger partial charge in [0.25, 0.3) is 0 Å². The minimum atomic E-state index is 0.384. The van der Waals surface area contributed by atoms with E-state index in [-0.39, 0.29) is 0 Å². The zero-order valence-electron chi connectivity index (χ0n) is 12.2.